The van der Waals surface area contributed by atoms with Crippen LogP contribution >= 0.6 is 0 Å². The first-order valence-electron chi connectivity index (χ1n) is 11.5. The average molecular weight is 412 g/mol. The molecule has 2 aliphatic heterocycles. The molecule has 0 unspecified atom stereocenters. The number of quaternary nitrogens is 2. The number of nitrogens with zero attached hydrogens (tertiary/aromatic N) is 1. The van der Waals surface area contributed by atoms with Crippen LogP contribution in [0.15, 0.2) is 30.3 Å². The number of aromatic nitrogens is 1. The largest absolute Gasteiger partial charge is 0.376 e. The van der Waals surface area contributed by atoms with Crippen LogP contribution in [-0.4, -0.2) is 55.8 Å². The Bertz CT molecular complexity index is 875. The summed E-state index contributed by atoms with van der Waals surface area (Å²) in [5.74, 6) is 0.291. The first-order valence-corrected chi connectivity index (χ1v) is 11.5. The van der Waals surface area contributed by atoms with Crippen LogP contribution in [0.3, 0.4) is 0 Å². The van der Waals surface area contributed by atoms with Crippen LogP contribution in [0.4, 0.5) is 0 Å². The van der Waals surface area contributed by atoms with Crippen molar-refractivity contribution in [1.29, 1.82) is 0 Å². The van der Waals surface area contributed by atoms with Gasteiger partial charge < -0.3 is 19.1 Å². The molecule has 0 saturated carbocycles. The Hall–Kier alpha value is -1.95. The van der Waals surface area contributed by atoms with Crippen molar-refractivity contribution in [3.8, 4) is 0 Å². The van der Waals surface area contributed by atoms with E-state index in [1.807, 2.05) is 0 Å². The van der Waals surface area contributed by atoms with Crippen molar-refractivity contribution < 1.29 is 19.3 Å². The lowest BCUT2D eigenvalue weighted by Gasteiger charge is -2.29. The van der Waals surface area contributed by atoms with Crippen molar-refractivity contribution in [2.45, 2.75) is 52.8 Å². The smallest absolute Gasteiger partial charge is 0.218 e. The van der Waals surface area contributed by atoms with Crippen LogP contribution in [0.5, 0.6) is 0 Å². The SMILES string of the molecule is Cc1cccc(C[NH+]2CC[NH+](CC(=O)c3cc(C)n(C[C@H]4CCCO4)c3C)CC2)c1. The molecule has 4 rings (SSSR count). The Balaban J connectivity index is 1.30. The Labute approximate surface area is 180 Å². The van der Waals surface area contributed by atoms with Crippen LogP contribution in [0.2, 0.25) is 0 Å². The van der Waals surface area contributed by atoms with Crippen molar-refractivity contribution in [2.24, 2.45) is 0 Å². The van der Waals surface area contributed by atoms with Gasteiger partial charge in [-0.05, 0) is 39.7 Å². The number of aryl methyl sites for hydroxylation is 2. The highest BCUT2D eigenvalue weighted by atomic mass is 16.5. The minimum absolute atomic E-state index is 0.291. The summed E-state index contributed by atoms with van der Waals surface area (Å²) in [6, 6.07) is 10.9. The molecule has 1 atom stereocenters. The number of carbonyl (C=O) groups is 1. The summed E-state index contributed by atoms with van der Waals surface area (Å²) in [4.78, 5) is 16.1. The highest BCUT2D eigenvalue weighted by Crippen LogP contribution is 2.20. The number of hydrogen-bond donors (Lipinski definition) is 2. The molecule has 2 saturated heterocycles. The van der Waals surface area contributed by atoms with Gasteiger partial charge in [0.15, 0.2) is 0 Å². The summed E-state index contributed by atoms with van der Waals surface area (Å²) in [5, 5.41) is 0. The number of ketones is 1. The van der Waals surface area contributed by atoms with Crippen molar-refractivity contribution >= 4 is 5.78 Å². The molecule has 2 N–H and O–H groups in total. The van der Waals surface area contributed by atoms with Gasteiger partial charge in [-0.15, -0.1) is 0 Å². The predicted octanol–water partition coefficient (Wildman–Crippen LogP) is 0.759. The number of rotatable bonds is 7. The fourth-order valence-corrected chi connectivity index (χ4v) is 5.10. The lowest BCUT2D eigenvalue weighted by Crippen LogP contribution is -3.27. The Morgan fingerprint density at radius 1 is 1.10 bits per heavy atom. The Morgan fingerprint density at radius 2 is 1.87 bits per heavy atom. The third-order valence-electron chi connectivity index (χ3n) is 6.90. The van der Waals surface area contributed by atoms with Gasteiger partial charge in [-0.1, -0.05) is 29.8 Å². The predicted molar refractivity (Wildman–Crippen MR) is 118 cm³/mol. The molecule has 0 spiro atoms. The minimum Gasteiger partial charge on any atom is -0.376 e. The van der Waals surface area contributed by atoms with Gasteiger partial charge in [0.1, 0.15) is 39.3 Å². The first-order chi connectivity index (χ1) is 14.5. The molecule has 0 bridgehead atoms. The molecule has 2 fully saturated rings. The number of nitrogens with one attached hydrogen (secondary N) is 2. The summed E-state index contributed by atoms with van der Waals surface area (Å²) in [5.41, 5.74) is 5.94. The molecular formula is C25H37N3O2+2. The van der Waals surface area contributed by atoms with E-state index in [-0.39, 0.29) is 0 Å². The van der Waals surface area contributed by atoms with Crippen molar-refractivity contribution in [3.05, 3.63) is 58.4 Å². The zero-order valence-corrected chi connectivity index (χ0v) is 18.8. The number of piperazine rings is 1. The fraction of sp³-hybridized carbons (Fsp3) is 0.560. The maximum Gasteiger partial charge on any atom is 0.218 e. The van der Waals surface area contributed by atoms with Gasteiger partial charge in [-0.3, -0.25) is 4.79 Å². The highest BCUT2D eigenvalue weighted by Gasteiger charge is 2.27. The molecule has 0 amide bonds. The van der Waals surface area contributed by atoms with E-state index < -0.39 is 0 Å². The van der Waals surface area contributed by atoms with E-state index in [0.717, 1.165) is 70.0 Å². The van der Waals surface area contributed by atoms with Crippen LogP contribution in [-0.2, 0) is 17.8 Å². The molecule has 5 nitrogen and oxygen atoms in total. The second-order valence-electron chi connectivity index (χ2n) is 9.30. The lowest BCUT2D eigenvalue weighted by atomic mass is 10.1. The van der Waals surface area contributed by atoms with Crippen LogP contribution in [0.25, 0.3) is 0 Å². The number of benzene rings is 1. The summed E-state index contributed by atoms with van der Waals surface area (Å²) >= 11 is 0. The third kappa shape index (κ3) is 5.02. The van der Waals surface area contributed by atoms with E-state index in [2.05, 4.69) is 55.7 Å². The molecule has 162 valence electrons. The standard InChI is InChI=1S/C25H35N3O2/c1-19-6-4-7-22(14-19)16-26-9-11-27(12-10-26)18-25(29)24-15-20(2)28(21(24)3)17-23-8-5-13-30-23/h4,6-7,14-15,23H,5,8-13,16-18H2,1-3H3/p+2/t23-/m1/s1. The molecule has 3 heterocycles. The molecule has 1 aromatic heterocycles. The van der Waals surface area contributed by atoms with E-state index in [1.165, 1.54) is 21.7 Å². The maximum atomic E-state index is 13.1. The fourth-order valence-electron chi connectivity index (χ4n) is 5.10. The number of Topliss-reactive ketones (excluding diaryl/α,β-unsaturated/α-hetero) is 1. The van der Waals surface area contributed by atoms with Crippen molar-refractivity contribution in [3.63, 3.8) is 0 Å². The number of ether oxygens (including phenoxy) is 1. The van der Waals surface area contributed by atoms with Gasteiger partial charge in [-0.2, -0.15) is 0 Å². The van der Waals surface area contributed by atoms with Gasteiger partial charge in [0, 0.05) is 35.7 Å². The van der Waals surface area contributed by atoms with Gasteiger partial charge in [-0.25, -0.2) is 0 Å². The van der Waals surface area contributed by atoms with Crippen molar-refractivity contribution in [1.82, 2.24) is 4.57 Å². The highest BCUT2D eigenvalue weighted by molar-refractivity contribution is 5.98. The normalized spacial score (nSPS) is 24.3. The average Bonchev–Trinajstić information content (AvgIpc) is 3.33. The lowest BCUT2D eigenvalue weighted by molar-refractivity contribution is -1.01. The first kappa shape index (κ1) is 21.3. The minimum atomic E-state index is 0.291. The number of carbonyl (C=O) groups excluding carboxylic acids is 1. The zero-order chi connectivity index (χ0) is 21.1. The Morgan fingerprint density at radius 3 is 2.57 bits per heavy atom. The van der Waals surface area contributed by atoms with Gasteiger partial charge >= 0.3 is 0 Å². The maximum absolute atomic E-state index is 13.1. The molecule has 1 aromatic carbocycles. The molecule has 2 aromatic rings. The molecule has 30 heavy (non-hydrogen) atoms. The van der Waals surface area contributed by atoms with E-state index in [4.69, 9.17) is 4.74 Å². The van der Waals surface area contributed by atoms with Crippen molar-refractivity contribution in [2.75, 3.05) is 39.3 Å². The van der Waals surface area contributed by atoms with Gasteiger partial charge in [0.05, 0.1) is 6.10 Å². The molecule has 0 radical (unpaired) electrons. The summed E-state index contributed by atoms with van der Waals surface area (Å²) in [6.07, 6.45) is 2.57. The quantitative estimate of drug-likeness (QED) is 0.661. The van der Waals surface area contributed by atoms with Crippen LogP contribution in [0.1, 0.15) is 45.7 Å². The molecule has 2 aliphatic rings. The second-order valence-corrected chi connectivity index (χ2v) is 9.30. The van der Waals surface area contributed by atoms with E-state index in [0.29, 0.717) is 18.4 Å². The summed E-state index contributed by atoms with van der Waals surface area (Å²) < 4.78 is 8.09. The van der Waals surface area contributed by atoms with E-state index in [1.54, 1.807) is 4.90 Å². The van der Waals surface area contributed by atoms with Crippen LogP contribution in [0, 0.1) is 20.8 Å². The molecule has 0 aliphatic carbocycles. The third-order valence-corrected chi connectivity index (χ3v) is 6.90. The van der Waals surface area contributed by atoms with Gasteiger partial charge in [0.25, 0.3) is 0 Å². The van der Waals surface area contributed by atoms with Crippen LogP contribution < -0.4 is 9.80 Å². The zero-order valence-electron chi connectivity index (χ0n) is 18.8. The summed E-state index contributed by atoms with van der Waals surface area (Å²) in [6.45, 7) is 14.2. The van der Waals surface area contributed by atoms with E-state index >= 15 is 0 Å². The number of hydrogen-bond acceptors (Lipinski definition) is 2. The van der Waals surface area contributed by atoms with E-state index in [9.17, 15) is 4.79 Å². The van der Waals surface area contributed by atoms with Gasteiger partial charge in [0.2, 0.25) is 5.78 Å². The molecule has 5 heteroatoms. The monoisotopic (exact) mass is 411 g/mol. The topological polar surface area (TPSA) is 40.1 Å². The summed E-state index contributed by atoms with van der Waals surface area (Å²) in [7, 11) is 0. The molecular weight excluding hydrogens is 374 g/mol. The second kappa shape index (κ2) is 9.46. The Kier molecular flexibility index (Phi) is 6.71.